The van der Waals surface area contributed by atoms with Crippen LogP contribution in [0.2, 0.25) is 0 Å². The zero-order valence-electron chi connectivity index (χ0n) is 15.2. The van der Waals surface area contributed by atoms with E-state index in [2.05, 4.69) is 45.5 Å². The maximum atomic E-state index is 12.3. The van der Waals surface area contributed by atoms with Crippen molar-refractivity contribution in [3.63, 3.8) is 0 Å². The summed E-state index contributed by atoms with van der Waals surface area (Å²) in [6.45, 7) is 2.66. The first kappa shape index (κ1) is 19.2. The average Bonchev–Trinajstić information content (AvgIpc) is 2.69. The molecule has 0 spiro atoms. The molecule has 0 aromatic heterocycles. The van der Waals surface area contributed by atoms with Crippen molar-refractivity contribution >= 4 is 27.5 Å². The minimum absolute atomic E-state index is 0.132. The Bertz CT molecular complexity index is 892. The van der Waals surface area contributed by atoms with Gasteiger partial charge in [-0.15, -0.1) is 0 Å². The molecule has 4 heteroatoms. The van der Waals surface area contributed by atoms with Gasteiger partial charge in [-0.3, -0.25) is 4.79 Å². The number of rotatable bonds is 7. The molecule has 0 bridgehead atoms. The molecule has 3 nitrogen and oxygen atoms in total. The highest BCUT2D eigenvalue weighted by Crippen LogP contribution is 2.20. The number of aryl methyl sites for hydroxylation is 2. The standard InChI is InChI=1S/C23H22BrNO2/c1-17-9-10-19(16-22(17)24)23(26)25-20-11-13-21(14-12-20)27-15-5-8-18-6-3-2-4-7-18/h2-4,6-7,9-14,16H,5,8,15H2,1H3,(H,25,26). The van der Waals surface area contributed by atoms with Gasteiger partial charge < -0.3 is 10.1 Å². The molecule has 0 unspecified atom stereocenters. The quantitative estimate of drug-likeness (QED) is 0.471. The van der Waals surface area contributed by atoms with Gasteiger partial charge >= 0.3 is 0 Å². The number of benzene rings is 3. The molecule has 3 aromatic rings. The lowest BCUT2D eigenvalue weighted by atomic mass is 10.1. The molecule has 0 aliphatic heterocycles. The van der Waals surface area contributed by atoms with Crippen LogP contribution in [-0.4, -0.2) is 12.5 Å². The fourth-order valence-electron chi connectivity index (χ4n) is 2.68. The lowest BCUT2D eigenvalue weighted by Gasteiger charge is -2.09. The summed E-state index contributed by atoms with van der Waals surface area (Å²) in [6, 6.07) is 23.4. The largest absolute Gasteiger partial charge is 0.494 e. The molecule has 3 aromatic carbocycles. The van der Waals surface area contributed by atoms with Gasteiger partial charge in [0.2, 0.25) is 0 Å². The minimum atomic E-state index is -0.132. The summed E-state index contributed by atoms with van der Waals surface area (Å²) in [5, 5.41) is 2.91. The van der Waals surface area contributed by atoms with E-state index in [1.54, 1.807) is 0 Å². The van der Waals surface area contributed by atoms with Gasteiger partial charge in [0.1, 0.15) is 5.75 Å². The number of carbonyl (C=O) groups is 1. The molecule has 138 valence electrons. The number of nitrogens with one attached hydrogen (secondary N) is 1. The first-order chi connectivity index (χ1) is 13.1. The number of amides is 1. The second-order valence-electron chi connectivity index (χ2n) is 6.38. The molecule has 0 heterocycles. The number of hydrogen-bond donors (Lipinski definition) is 1. The van der Waals surface area contributed by atoms with Crippen LogP contribution in [0.5, 0.6) is 5.75 Å². The first-order valence-electron chi connectivity index (χ1n) is 8.96. The van der Waals surface area contributed by atoms with E-state index >= 15 is 0 Å². The van der Waals surface area contributed by atoms with Gasteiger partial charge in [-0.25, -0.2) is 0 Å². The SMILES string of the molecule is Cc1ccc(C(=O)Nc2ccc(OCCCc3ccccc3)cc2)cc1Br. The number of ether oxygens (including phenoxy) is 1. The Morgan fingerprint density at radius 1 is 1.00 bits per heavy atom. The third-order valence-corrected chi connectivity index (χ3v) is 5.12. The summed E-state index contributed by atoms with van der Waals surface area (Å²) in [7, 11) is 0. The van der Waals surface area contributed by atoms with E-state index in [1.807, 2.05) is 55.5 Å². The molecule has 1 N–H and O–H groups in total. The van der Waals surface area contributed by atoms with Crippen LogP contribution in [0.3, 0.4) is 0 Å². The minimum Gasteiger partial charge on any atom is -0.494 e. The molecular weight excluding hydrogens is 402 g/mol. The normalized spacial score (nSPS) is 10.4. The molecule has 1 amide bonds. The van der Waals surface area contributed by atoms with E-state index in [0.717, 1.165) is 34.3 Å². The van der Waals surface area contributed by atoms with Gasteiger partial charge in [-0.1, -0.05) is 52.3 Å². The lowest BCUT2D eigenvalue weighted by molar-refractivity contribution is 0.102. The van der Waals surface area contributed by atoms with E-state index < -0.39 is 0 Å². The smallest absolute Gasteiger partial charge is 0.255 e. The predicted molar refractivity (Wildman–Crippen MR) is 114 cm³/mol. The van der Waals surface area contributed by atoms with Crippen LogP contribution in [0.15, 0.2) is 77.3 Å². The molecule has 27 heavy (non-hydrogen) atoms. The maximum Gasteiger partial charge on any atom is 0.255 e. The molecule has 3 rings (SSSR count). The maximum absolute atomic E-state index is 12.3. The summed E-state index contributed by atoms with van der Waals surface area (Å²) in [5.74, 6) is 0.673. The summed E-state index contributed by atoms with van der Waals surface area (Å²) in [4.78, 5) is 12.3. The molecule has 0 aliphatic rings. The highest BCUT2D eigenvalue weighted by molar-refractivity contribution is 9.10. The molecular formula is C23H22BrNO2. The molecule has 0 fully saturated rings. The van der Waals surface area contributed by atoms with Crippen molar-refractivity contribution in [3.8, 4) is 5.75 Å². The van der Waals surface area contributed by atoms with E-state index in [-0.39, 0.29) is 5.91 Å². The van der Waals surface area contributed by atoms with Crippen LogP contribution >= 0.6 is 15.9 Å². The van der Waals surface area contributed by atoms with E-state index in [1.165, 1.54) is 5.56 Å². The summed E-state index contributed by atoms with van der Waals surface area (Å²) in [6.07, 6.45) is 1.96. The Labute approximate surface area is 168 Å². The van der Waals surface area contributed by atoms with Crippen LogP contribution in [-0.2, 0) is 6.42 Å². The second kappa shape index (κ2) is 9.38. The van der Waals surface area contributed by atoms with Crippen molar-refractivity contribution in [1.82, 2.24) is 0 Å². The van der Waals surface area contributed by atoms with Gasteiger partial charge in [-0.05, 0) is 67.3 Å². The molecule has 0 aliphatic carbocycles. The van der Waals surface area contributed by atoms with Crippen LogP contribution in [0, 0.1) is 6.92 Å². The zero-order chi connectivity index (χ0) is 19.1. The number of carbonyl (C=O) groups excluding carboxylic acids is 1. The van der Waals surface area contributed by atoms with Gasteiger partial charge in [0, 0.05) is 15.7 Å². The van der Waals surface area contributed by atoms with Crippen molar-refractivity contribution in [2.45, 2.75) is 19.8 Å². The first-order valence-corrected chi connectivity index (χ1v) is 9.75. The second-order valence-corrected chi connectivity index (χ2v) is 7.23. The average molecular weight is 424 g/mol. The van der Waals surface area contributed by atoms with Crippen molar-refractivity contribution in [2.24, 2.45) is 0 Å². The van der Waals surface area contributed by atoms with E-state index in [4.69, 9.17) is 4.74 Å². The Kier molecular flexibility index (Phi) is 6.66. The monoisotopic (exact) mass is 423 g/mol. The Hall–Kier alpha value is -2.59. The fraction of sp³-hybridized carbons (Fsp3) is 0.174. The summed E-state index contributed by atoms with van der Waals surface area (Å²) < 4.78 is 6.71. The van der Waals surface area contributed by atoms with E-state index in [0.29, 0.717) is 12.2 Å². The van der Waals surface area contributed by atoms with Gasteiger partial charge in [0.05, 0.1) is 6.61 Å². The van der Waals surface area contributed by atoms with Gasteiger partial charge in [0.25, 0.3) is 5.91 Å². The number of halogens is 1. The van der Waals surface area contributed by atoms with Crippen molar-refractivity contribution in [1.29, 1.82) is 0 Å². The lowest BCUT2D eigenvalue weighted by Crippen LogP contribution is -2.11. The van der Waals surface area contributed by atoms with Crippen molar-refractivity contribution in [3.05, 3.63) is 94.0 Å². The van der Waals surface area contributed by atoms with Crippen molar-refractivity contribution < 1.29 is 9.53 Å². The van der Waals surface area contributed by atoms with Crippen LogP contribution in [0.4, 0.5) is 5.69 Å². The van der Waals surface area contributed by atoms with Gasteiger partial charge in [0.15, 0.2) is 0 Å². The highest BCUT2D eigenvalue weighted by Gasteiger charge is 2.08. The Balaban J connectivity index is 1.48. The van der Waals surface area contributed by atoms with Gasteiger partial charge in [-0.2, -0.15) is 0 Å². The molecule has 0 saturated heterocycles. The zero-order valence-corrected chi connectivity index (χ0v) is 16.8. The molecule has 0 radical (unpaired) electrons. The highest BCUT2D eigenvalue weighted by atomic mass is 79.9. The summed E-state index contributed by atoms with van der Waals surface area (Å²) in [5.41, 5.74) is 3.78. The summed E-state index contributed by atoms with van der Waals surface area (Å²) >= 11 is 3.46. The van der Waals surface area contributed by atoms with E-state index in [9.17, 15) is 4.79 Å². The van der Waals surface area contributed by atoms with Crippen LogP contribution in [0.1, 0.15) is 27.9 Å². The predicted octanol–water partition coefficient (Wildman–Crippen LogP) is 6.02. The topological polar surface area (TPSA) is 38.3 Å². The Morgan fingerprint density at radius 2 is 1.74 bits per heavy atom. The van der Waals surface area contributed by atoms with Crippen LogP contribution in [0.25, 0.3) is 0 Å². The van der Waals surface area contributed by atoms with Crippen LogP contribution < -0.4 is 10.1 Å². The molecule has 0 saturated carbocycles. The third kappa shape index (κ3) is 5.69. The third-order valence-electron chi connectivity index (χ3n) is 4.27. The number of anilines is 1. The van der Waals surface area contributed by atoms with Crippen molar-refractivity contribution in [2.75, 3.05) is 11.9 Å². The molecule has 0 atom stereocenters. The fourth-order valence-corrected chi connectivity index (χ4v) is 3.06. The Morgan fingerprint density at radius 3 is 2.44 bits per heavy atom. The number of hydrogen-bond acceptors (Lipinski definition) is 2.